The van der Waals surface area contributed by atoms with Crippen LogP contribution in [0.4, 0.5) is 0 Å². The average molecular weight is 427 g/mol. The Labute approximate surface area is 182 Å². The topological polar surface area (TPSA) is 73.9 Å². The van der Waals surface area contributed by atoms with Crippen LogP contribution in [0.1, 0.15) is 27.0 Å². The third kappa shape index (κ3) is 4.11. The minimum atomic E-state index is -0.165. The first-order valence-electron chi connectivity index (χ1n) is 10.6. The van der Waals surface area contributed by atoms with Gasteiger partial charge in [-0.25, -0.2) is 0 Å². The highest BCUT2D eigenvalue weighted by Crippen LogP contribution is 2.41. The summed E-state index contributed by atoms with van der Waals surface area (Å²) in [6.07, 6.45) is 1.70. The Morgan fingerprint density at radius 1 is 1.10 bits per heavy atom. The molecule has 164 valence electrons. The summed E-state index contributed by atoms with van der Waals surface area (Å²) in [7, 11) is 5.35. The maximum Gasteiger partial charge on any atom is 0.232 e. The van der Waals surface area contributed by atoms with Gasteiger partial charge in [0.15, 0.2) is 23.0 Å². The van der Waals surface area contributed by atoms with E-state index < -0.39 is 0 Å². The fourth-order valence-corrected chi connectivity index (χ4v) is 4.30. The van der Waals surface area contributed by atoms with Crippen LogP contribution in [-0.4, -0.2) is 58.3 Å². The zero-order valence-corrected chi connectivity index (χ0v) is 18.5. The Balaban J connectivity index is 1.66. The number of benzene rings is 2. The molecule has 0 aromatic heterocycles. The van der Waals surface area contributed by atoms with Crippen molar-refractivity contribution in [3.05, 3.63) is 52.3 Å². The SMILES string of the molecule is COc1ccc(/C=C2\Oc3c(C[NH+]4CC[NH+](C)CC4)c(O)cc(C)c3C2=O)cc1OC. The highest BCUT2D eigenvalue weighted by atomic mass is 16.5. The summed E-state index contributed by atoms with van der Waals surface area (Å²) in [5.74, 6) is 1.96. The van der Waals surface area contributed by atoms with Gasteiger partial charge < -0.3 is 29.1 Å². The number of fused-ring (bicyclic) bond motifs is 1. The van der Waals surface area contributed by atoms with Crippen LogP contribution in [0, 0.1) is 6.92 Å². The van der Waals surface area contributed by atoms with Gasteiger partial charge in [-0.3, -0.25) is 4.79 Å². The molecule has 2 aromatic rings. The van der Waals surface area contributed by atoms with E-state index in [1.54, 1.807) is 38.5 Å². The monoisotopic (exact) mass is 426 g/mol. The minimum Gasteiger partial charge on any atom is -0.507 e. The van der Waals surface area contributed by atoms with Gasteiger partial charge in [-0.15, -0.1) is 0 Å². The maximum atomic E-state index is 13.2. The average Bonchev–Trinajstić information content (AvgIpc) is 3.08. The normalized spacial score (nSPS) is 21.7. The number of rotatable bonds is 5. The number of piperazine rings is 1. The van der Waals surface area contributed by atoms with Crippen molar-refractivity contribution in [2.75, 3.05) is 47.4 Å². The smallest absolute Gasteiger partial charge is 0.232 e. The standard InChI is InChI=1S/C24H28N2O5/c1-15-11-18(27)17(14-26-9-7-25(2)8-10-26)24-22(15)23(28)21(31-24)13-16-5-6-19(29-3)20(12-16)30-4/h5-6,11-13,27H,7-10,14H2,1-4H3/p+2/b21-13-. The van der Waals surface area contributed by atoms with Crippen LogP contribution in [-0.2, 0) is 6.54 Å². The van der Waals surface area contributed by atoms with Crippen molar-refractivity contribution in [3.63, 3.8) is 0 Å². The molecule has 2 aliphatic rings. The summed E-state index contributed by atoms with van der Waals surface area (Å²) in [5, 5.41) is 10.7. The molecule has 0 bridgehead atoms. The van der Waals surface area contributed by atoms with Crippen molar-refractivity contribution in [2.45, 2.75) is 13.5 Å². The largest absolute Gasteiger partial charge is 0.507 e. The summed E-state index contributed by atoms with van der Waals surface area (Å²) in [6, 6.07) is 7.11. The summed E-state index contributed by atoms with van der Waals surface area (Å²) < 4.78 is 16.7. The molecular weight excluding hydrogens is 396 g/mol. The van der Waals surface area contributed by atoms with Crippen molar-refractivity contribution in [1.29, 1.82) is 0 Å². The van der Waals surface area contributed by atoms with E-state index in [9.17, 15) is 9.90 Å². The molecule has 2 heterocycles. The molecule has 0 atom stereocenters. The molecule has 0 unspecified atom stereocenters. The van der Waals surface area contributed by atoms with Crippen molar-refractivity contribution < 1.29 is 33.9 Å². The summed E-state index contributed by atoms with van der Waals surface area (Å²) >= 11 is 0. The first-order valence-corrected chi connectivity index (χ1v) is 10.6. The van der Waals surface area contributed by atoms with E-state index in [0.29, 0.717) is 34.9 Å². The summed E-state index contributed by atoms with van der Waals surface area (Å²) in [6.45, 7) is 6.70. The zero-order chi connectivity index (χ0) is 22.1. The van der Waals surface area contributed by atoms with Crippen LogP contribution < -0.4 is 24.0 Å². The molecule has 1 saturated heterocycles. The van der Waals surface area contributed by atoms with Crippen LogP contribution in [0.15, 0.2) is 30.0 Å². The fourth-order valence-electron chi connectivity index (χ4n) is 4.30. The van der Waals surface area contributed by atoms with E-state index in [1.807, 2.05) is 13.0 Å². The first-order chi connectivity index (χ1) is 14.9. The summed E-state index contributed by atoms with van der Waals surface area (Å²) in [4.78, 5) is 16.1. The van der Waals surface area contributed by atoms with Gasteiger partial charge in [-0.2, -0.15) is 0 Å². The number of nitrogens with one attached hydrogen (secondary N) is 2. The molecule has 0 amide bonds. The molecule has 7 nitrogen and oxygen atoms in total. The number of allylic oxidation sites excluding steroid dienone is 1. The van der Waals surface area contributed by atoms with Crippen molar-refractivity contribution in [1.82, 2.24) is 0 Å². The van der Waals surface area contributed by atoms with Crippen molar-refractivity contribution in [2.24, 2.45) is 0 Å². The molecule has 2 aromatic carbocycles. The minimum absolute atomic E-state index is 0.165. The van der Waals surface area contributed by atoms with Gasteiger partial charge in [0.2, 0.25) is 5.78 Å². The number of phenolic OH excluding ortho intramolecular Hbond substituents is 1. The fraction of sp³-hybridized carbons (Fsp3) is 0.375. The van der Waals surface area contributed by atoms with Gasteiger partial charge >= 0.3 is 0 Å². The number of ether oxygens (including phenoxy) is 3. The third-order valence-corrected chi connectivity index (χ3v) is 6.16. The number of likely N-dealkylation sites (N-methyl/N-ethyl adjacent to an activating group) is 1. The van der Waals surface area contributed by atoms with E-state index in [4.69, 9.17) is 14.2 Å². The van der Waals surface area contributed by atoms with Gasteiger partial charge in [-0.05, 0) is 42.3 Å². The Morgan fingerprint density at radius 2 is 1.81 bits per heavy atom. The number of hydrogen-bond acceptors (Lipinski definition) is 5. The van der Waals surface area contributed by atoms with Gasteiger partial charge in [0, 0.05) is 0 Å². The second kappa shape index (κ2) is 8.61. The van der Waals surface area contributed by atoms with Gasteiger partial charge in [0.05, 0.1) is 32.4 Å². The number of quaternary nitrogens is 2. The molecular formula is C24H30N2O5+2. The molecule has 2 aliphatic heterocycles. The number of phenols is 1. The lowest BCUT2D eigenvalue weighted by Crippen LogP contribution is -3.26. The van der Waals surface area contributed by atoms with Crippen molar-refractivity contribution in [3.8, 4) is 23.0 Å². The molecule has 0 spiro atoms. The molecule has 0 saturated carbocycles. The summed E-state index contributed by atoms with van der Waals surface area (Å²) in [5.41, 5.74) is 2.73. The number of aryl methyl sites for hydroxylation is 1. The second-order valence-electron chi connectivity index (χ2n) is 8.33. The molecule has 0 aliphatic carbocycles. The quantitative estimate of drug-likeness (QED) is 0.598. The van der Waals surface area contributed by atoms with E-state index in [1.165, 1.54) is 9.80 Å². The number of methoxy groups -OCH3 is 2. The Bertz CT molecular complexity index is 1040. The number of ketones is 1. The molecule has 31 heavy (non-hydrogen) atoms. The van der Waals surface area contributed by atoms with Gasteiger partial charge in [-0.1, -0.05) is 6.07 Å². The molecule has 3 N–H and O–H groups in total. The lowest BCUT2D eigenvalue weighted by molar-refractivity contribution is -1.01. The Kier molecular flexibility index (Phi) is 5.89. The van der Waals surface area contributed by atoms with E-state index in [-0.39, 0.29) is 17.3 Å². The highest BCUT2D eigenvalue weighted by molar-refractivity contribution is 6.15. The molecule has 1 fully saturated rings. The number of hydrogen-bond donors (Lipinski definition) is 3. The number of carbonyl (C=O) groups is 1. The number of Topliss-reactive ketones (excluding diaryl/α,β-unsaturated/α-hetero) is 1. The third-order valence-electron chi connectivity index (χ3n) is 6.16. The first kappa shape index (κ1) is 21.2. The van der Waals surface area contributed by atoms with Crippen LogP contribution in [0.3, 0.4) is 0 Å². The van der Waals surface area contributed by atoms with E-state index >= 15 is 0 Å². The van der Waals surface area contributed by atoms with Crippen LogP contribution in [0.5, 0.6) is 23.0 Å². The number of carbonyl (C=O) groups excluding carboxylic acids is 1. The van der Waals surface area contributed by atoms with Crippen LogP contribution in [0.25, 0.3) is 6.08 Å². The zero-order valence-electron chi connectivity index (χ0n) is 18.5. The number of aromatic hydroxyl groups is 1. The highest BCUT2D eigenvalue weighted by Gasteiger charge is 2.35. The van der Waals surface area contributed by atoms with Crippen LogP contribution in [0.2, 0.25) is 0 Å². The van der Waals surface area contributed by atoms with Crippen molar-refractivity contribution >= 4 is 11.9 Å². The van der Waals surface area contributed by atoms with Crippen LogP contribution >= 0.6 is 0 Å². The second-order valence-corrected chi connectivity index (χ2v) is 8.33. The maximum absolute atomic E-state index is 13.2. The Morgan fingerprint density at radius 3 is 2.48 bits per heavy atom. The predicted octanol–water partition coefficient (Wildman–Crippen LogP) is 0.247. The van der Waals surface area contributed by atoms with E-state index in [2.05, 4.69) is 7.05 Å². The van der Waals surface area contributed by atoms with Gasteiger partial charge in [0.25, 0.3) is 0 Å². The predicted molar refractivity (Wildman–Crippen MR) is 116 cm³/mol. The molecule has 4 rings (SSSR count). The van der Waals surface area contributed by atoms with E-state index in [0.717, 1.165) is 37.3 Å². The lowest BCUT2D eigenvalue weighted by atomic mass is 9.99. The Hall–Kier alpha value is -3.03. The molecule has 0 radical (unpaired) electrons. The lowest BCUT2D eigenvalue weighted by Gasteiger charge is -2.27. The van der Waals surface area contributed by atoms with Gasteiger partial charge in [0.1, 0.15) is 38.5 Å². The molecule has 7 heteroatoms.